The monoisotopic (exact) mass is 970 g/mol. The van der Waals surface area contributed by atoms with Crippen molar-refractivity contribution in [3.8, 4) is 17.2 Å². The molecule has 0 radical (unpaired) electrons. The summed E-state index contributed by atoms with van der Waals surface area (Å²) in [6.45, 7) is 5.35. The molecule has 0 aliphatic heterocycles. The predicted octanol–water partition coefficient (Wildman–Crippen LogP) is 11.6. The molecule has 0 spiro atoms. The summed E-state index contributed by atoms with van der Waals surface area (Å²) in [5.74, 6) is -0.202. The smallest absolute Gasteiger partial charge is 0.343 e. The number of carbonyl (C=O) groups is 6. The molecule has 7 rings (SSSR count). The Morgan fingerprint density at radius 1 is 0.437 bits per heavy atom. The molecule has 378 valence electrons. The van der Waals surface area contributed by atoms with E-state index in [1.807, 2.05) is 18.2 Å². The van der Waals surface area contributed by atoms with E-state index in [0.717, 1.165) is 160 Å². The van der Waals surface area contributed by atoms with E-state index in [0.29, 0.717) is 33.9 Å². The molecule has 0 N–H and O–H groups in total. The molecule has 0 bridgehead atoms. The average Bonchev–Trinajstić information content (AvgIpc) is 3.42. The summed E-state index contributed by atoms with van der Waals surface area (Å²) in [5, 5.41) is 0. The Morgan fingerprint density at radius 2 is 0.732 bits per heavy atom. The van der Waals surface area contributed by atoms with Gasteiger partial charge in [0.05, 0.1) is 38.0 Å². The first-order valence-corrected chi connectivity index (χ1v) is 25.4. The van der Waals surface area contributed by atoms with E-state index in [-0.39, 0.29) is 37.6 Å². The number of benzene rings is 4. The molecule has 3 aliphatic rings. The molecule has 12 nitrogen and oxygen atoms in total. The quantitative estimate of drug-likeness (QED) is 0.0358. The fourth-order valence-corrected chi connectivity index (χ4v) is 11.3. The number of rotatable bonds is 20. The molecule has 4 aromatic rings. The number of hydrogen-bond acceptors (Lipinski definition) is 12. The minimum absolute atomic E-state index is 0.0620. The highest BCUT2D eigenvalue weighted by Crippen LogP contribution is 2.50. The summed E-state index contributed by atoms with van der Waals surface area (Å²) >= 11 is 0. The average molecular weight is 971 g/mol. The SMILES string of the molecule is COC(=O)COc1c(C=O)cc(C(C)(C)c2ccc(C(C)(c3cc(C=O)c(OCC(=O)OC)c(C4CCCCC4)c3)c3cc(C=O)c(OCC(=O)OC)c(C4CCCCC4)c3)cc2)cc1C1CCCCC1. The van der Waals surface area contributed by atoms with E-state index in [1.54, 1.807) is 0 Å². The van der Waals surface area contributed by atoms with Crippen molar-refractivity contribution in [2.24, 2.45) is 0 Å². The lowest BCUT2D eigenvalue weighted by atomic mass is 9.67. The van der Waals surface area contributed by atoms with Gasteiger partial charge in [-0.05, 0) is 126 Å². The van der Waals surface area contributed by atoms with Gasteiger partial charge in [0.1, 0.15) is 17.2 Å². The van der Waals surface area contributed by atoms with Gasteiger partial charge in [-0.2, -0.15) is 0 Å². The van der Waals surface area contributed by atoms with E-state index >= 15 is 0 Å². The molecule has 0 unspecified atom stereocenters. The Kier molecular flexibility index (Phi) is 17.6. The van der Waals surface area contributed by atoms with Gasteiger partial charge in [-0.3, -0.25) is 14.4 Å². The van der Waals surface area contributed by atoms with E-state index in [1.165, 1.54) is 21.3 Å². The summed E-state index contributed by atoms with van der Waals surface area (Å²) in [5.41, 5.74) is 6.33. The molecule has 0 amide bonds. The van der Waals surface area contributed by atoms with Crippen LogP contribution in [0.3, 0.4) is 0 Å². The Morgan fingerprint density at radius 3 is 1.04 bits per heavy atom. The second kappa shape index (κ2) is 23.7. The van der Waals surface area contributed by atoms with Crippen molar-refractivity contribution >= 4 is 36.8 Å². The zero-order chi connectivity index (χ0) is 50.7. The van der Waals surface area contributed by atoms with Crippen LogP contribution < -0.4 is 14.2 Å². The highest BCUT2D eigenvalue weighted by atomic mass is 16.6. The van der Waals surface area contributed by atoms with Gasteiger partial charge in [0.2, 0.25) is 0 Å². The maximum Gasteiger partial charge on any atom is 0.343 e. The lowest BCUT2D eigenvalue weighted by Gasteiger charge is -2.36. The van der Waals surface area contributed by atoms with Crippen LogP contribution in [0.2, 0.25) is 0 Å². The molecule has 0 saturated heterocycles. The molecule has 71 heavy (non-hydrogen) atoms. The third-order valence-electron chi connectivity index (χ3n) is 15.7. The zero-order valence-electron chi connectivity index (χ0n) is 42.4. The summed E-state index contributed by atoms with van der Waals surface area (Å²) in [6, 6.07) is 20.3. The highest BCUT2D eigenvalue weighted by molar-refractivity contribution is 5.85. The van der Waals surface area contributed by atoms with Gasteiger partial charge in [0, 0.05) is 10.8 Å². The van der Waals surface area contributed by atoms with Crippen molar-refractivity contribution in [3.63, 3.8) is 0 Å². The summed E-state index contributed by atoms with van der Waals surface area (Å²) in [7, 11) is 3.91. The van der Waals surface area contributed by atoms with Crippen LogP contribution in [0.25, 0.3) is 0 Å². The summed E-state index contributed by atoms with van der Waals surface area (Å²) in [4.78, 5) is 76.6. The second-order valence-corrected chi connectivity index (χ2v) is 20.2. The normalized spacial score (nSPS) is 16.1. The maximum absolute atomic E-state index is 13.3. The second-order valence-electron chi connectivity index (χ2n) is 20.2. The number of carbonyl (C=O) groups excluding carboxylic acids is 6. The molecule has 3 aliphatic carbocycles. The number of ether oxygens (including phenoxy) is 6. The van der Waals surface area contributed by atoms with Crippen molar-refractivity contribution in [1.29, 1.82) is 0 Å². The molecule has 0 heterocycles. The number of aldehydes is 3. The Balaban J connectivity index is 1.43. The lowest BCUT2D eigenvalue weighted by molar-refractivity contribution is -0.143. The van der Waals surface area contributed by atoms with Crippen molar-refractivity contribution < 1.29 is 57.2 Å². The van der Waals surface area contributed by atoms with Crippen LogP contribution in [0.1, 0.15) is 210 Å². The first-order chi connectivity index (χ1) is 34.3. The van der Waals surface area contributed by atoms with E-state index in [4.69, 9.17) is 28.4 Å². The molecular formula is C59H70O12. The molecule has 4 aromatic carbocycles. The van der Waals surface area contributed by atoms with Crippen molar-refractivity contribution in [3.05, 3.63) is 122 Å². The van der Waals surface area contributed by atoms with Crippen molar-refractivity contribution in [2.45, 2.75) is 146 Å². The molecular weight excluding hydrogens is 901 g/mol. The maximum atomic E-state index is 13.3. The molecule has 3 fully saturated rings. The molecule has 12 heteroatoms. The van der Waals surface area contributed by atoms with Crippen LogP contribution >= 0.6 is 0 Å². The topological polar surface area (TPSA) is 158 Å². The van der Waals surface area contributed by atoms with Crippen LogP contribution in [0.5, 0.6) is 17.2 Å². The zero-order valence-corrected chi connectivity index (χ0v) is 42.4. The Hall–Kier alpha value is -6.30. The number of hydrogen-bond donors (Lipinski definition) is 0. The minimum Gasteiger partial charge on any atom is -0.481 e. The third kappa shape index (κ3) is 11.6. The van der Waals surface area contributed by atoms with Gasteiger partial charge in [0.25, 0.3) is 0 Å². The summed E-state index contributed by atoms with van der Waals surface area (Å²) < 4.78 is 33.2. The van der Waals surface area contributed by atoms with Gasteiger partial charge < -0.3 is 28.4 Å². The minimum atomic E-state index is -1.01. The molecule has 3 saturated carbocycles. The van der Waals surface area contributed by atoms with Crippen LogP contribution in [0, 0.1) is 0 Å². The lowest BCUT2D eigenvalue weighted by Crippen LogP contribution is -2.28. The Labute approximate surface area is 418 Å². The van der Waals surface area contributed by atoms with Crippen molar-refractivity contribution in [2.75, 3.05) is 41.2 Å². The van der Waals surface area contributed by atoms with Crippen LogP contribution in [-0.2, 0) is 39.4 Å². The van der Waals surface area contributed by atoms with Gasteiger partial charge in [-0.1, -0.05) is 114 Å². The first-order valence-electron chi connectivity index (χ1n) is 25.4. The van der Waals surface area contributed by atoms with Gasteiger partial charge in [-0.25, -0.2) is 14.4 Å². The van der Waals surface area contributed by atoms with Gasteiger partial charge in [-0.15, -0.1) is 0 Å². The van der Waals surface area contributed by atoms with Crippen LogP contribution in [0.4, 0.5) is 0 Å². The van der Waals surface area contributed by atoms with Crippen LogP contribution in [-0.4, -0.2) is 77.9 Å². The largest absolute Gasteiger partial charge is 0.481 e. The van der Waals surface area contributed by atoms with Gasteiger partial charge >= 0.3 is 17.9 Å². The predicted molar refractivity (Wildman–Crippen MR) is 270 cm³/mol. The standard InChI is InChI=1S/C59H70O12/c1-58(2,46-26-41(32-60)55(69-35-52(63)66-4)49(29-46)38-16-10-7-11-17-38)44-22-24-45(25-23-44)59(3,47-27-42(33-61)56(70-36-53(64)67-5)50(30-47)39-18-12-8-13-19-39)48-28-43(34-62)57(71-37-54(65)68-6)51(31-48)40-20-14-9-15-21-40/h22-34,38-40H,7-21,35-37H2,1-6H3. The van der Waals surface area contributed by atoms with E-state index < -0.39 is 28.7 Å². The highest BCUT2D eigenvalue weighted by Gasteiger charge is 2.38. The van der Waals surface area contributed by atoms with Crippen LogP contribution in [0.15, 0.2) is 60.7 Å². The van der Waals surface area contributed by atoms with E-state index in [2.05, 4.69) is 63.2 Å². The first kappa shape index (κ1) is 52.5. The van der Waals surface area contributed by atoms with E-state index in [9.17, 15) is 28.8 Å². The number of esters is 3. The van der Waals surface area contributed by atoms with Crippen molar-refractivity contribution in [1.82, 2.24) is 0 Å². The number of methoxy groups -OCH3 is 3. The third-order valence-corrected chi connectivity index (χ3v) is 15.7. The fourth-order valence-electron chi connectivity index (χ4n) is 11.3. The van der Waals surface area contributed by atoms with Gasteiger partial charge in [0.15, 0.2) is 38.7 Å². The fraction of sp³-hybridized carbons (Fsp3) is 0.492. The molecule has 0 atom stereocenters. The Bertz CT molecular complexity index is 2460. The molecule has 0 aromatic heterocycles. The summed E-state index contributed by atoms with van der Waals surface area (Å²) in [6.07, 6.45) is 17.3.